The number of fused-ring (bicyclic) bond motifs is 1. The number of benzene rings is 1. The molecule has 3 unspecified atom stereocenters. The third kappa shape index (κ3) is 8.61. The minimum absolute atomic E-state index is 0.157. The van der Waals surface area contributed by atoms with E-state index < -0.39 is 60.7 Å². The summed E-state index contributed by atoms with van der Waals surface area (Å²) >= 11 is 1.41. The fourth-order valence-electron chi connectivity index (χ4n) is 3.35. The molecule has 0 spiro atoms. The van der Waals surface area contributed by atoms with Crippen LogP contribution in [-0.4, -0.2) is 76.4 Å². The van der Waals surface area contributed by atoms with E-state index in [1.165, 1.54) is 11.8 Å². The van der Waals surface area contributed by atoms with Gasteiger partial charge in [-0.25, -0.2) is 4.79 Å². The van der Waals surface area contributed by atoms with E-state index >= 15 is 0 Å². The van der Waals surface area contributed by atoms with Gasteiger partial charge in [0.2, 0.25) is 23.6 Å². The number of carboxylic acid groups (broad SMARTS) is 1. The van der Waals surface area contributed by atoms with Gasteiger partial charge in [-0.3, -0.25) is 19.2 Å². The molecule has 4 amide bonds. The zero-order valence-corrected chi connectivity index (χ0v) is 20.0. The van der Waals surface area contributed by atoms with Crippen LogP contribution in [0.5, 0.6) is 0 Å². The first kappa shape index (κ1) is 27.7. The van der Waals surface area contributed by atoms with Gasteiger partial charge in [-0.05, 0) is 36.5 Å². The van der Waals surface area contributed by atoms with E-state index in [4.69, 9.17) is 11.5 Å². The number of para-hydroxylation sites is 1. The molecule has 12 nitrogen and oxygen atoms in total. The highest BCUT2D eigenvalue weighted by Gasteiger charge is 2.28. The van der Waals surface area contributed by atoms with Crippen LogP contribution in [0.2, 0.25) is 0 Å². The molecule has 13 heteroatoms. The minimum Gasteiger partial charge on any atom is -0.480 e. The topological polar surface area (TPSA) is 209 Å². The third-order valence-electron chi connectivity index (χ3n) is 5.16. The number of primary amides is 1. The van der Waals surface area contributed by atoms with Gasteiger partial charge in [-0.2, -0.15) is 11.8 Å². The Morgan fingerprint density at radius 3 is 2.46 bits per heavy atom. The lowest BCUT2D eigenvalue weighted by Gasteiger charge is -2.21. The molecule has 0 saturated carbocycles. The van der Waals surface area contributed by atoms with Crippen molar-refractivity contribution >= 4 is 52.3 Å². The number of hydrogen-bond acceptors (Lipinski definition) is 7. The van der Waals surface area contributed by atoms with Gasteiger partial charge in [0.25, 0.3) is 0 Å². The van der Waals surface area contributed by atoms with Crippen LogP contribution in [0.3, 0.4) is 0 Å². The highest BCUT2D eigenvalue weighted by Crippen LogP contribution is 2.18. The predicted molar refractivity (Wildman–Crippen MR) is 131 cm³/mol. The smallest absolute Gasteiger partial charge is 0.326 e. The van der Waals surface area contributed by atoms with Gasteiger partial charge in [0.15, 0.2) is 0 Å². The molecule has 0 aliphatic carbocycles. The van der Waals surface area contributed by atoms with Crippen LogP contribution in [-0.2, 0) is 30.4 Å². The van der Waals surface area contributed by atoms with Crippen molar-refractivity contribution in [1.82, 2.24) is 20.9 Å². The molecule has 3 atom stereocenters. The number of rotatable bonds is 14. The largest absolute Gasteiger partial charge is 0.480 e. The number of carboxylic acids is 1. The lowest BCUT2D eigenvalue weighted by atomic mass is 10.1. The molecule has 190 valence electrons. The number of nitrogens with one attached hydrogen (secondary N) is 4. The lowest BCUT2D eigenvalue weighted by Crippen LogP contribution is -2.54. The molecule has 0 radical (unpaired) electrons. The summed E-state index contributed by atoms with van der Waals surface area (Å²) in [4.78, 5) is 63.1. The van der Waals surface area contributed by atoms with Crippen LogP contribution >= 0.6 is 11.8 Å². The van der Waals surface area contributed by atoms with Gasteiger partial charge >= 0.3 is 5.97 Å². The molecule has 2 aromatic rings. The highest BCUT2D eigenvalue weighted by atomic mass is 32.2. The zero-order valence-electron chi connectivity index (χ0n) is 19.2. The highest BCUT2D eigenvalue weighted by molar-refractivity contribution is 7.98. The lowest BCUT2D eigenvalue weighted by molar-refractivity contribution is -0.142. The maximum Gasteiger partial charge on any atom is 0.326 e. The van der Waals surface area contributed by atoms with Crippen molar-refractivity contribution in [1.29, 1.82) is 0 Å². The average molecular weight is 507 g/mol. The Kier molecular flexibility index (Phi) is 10.5. The molecule has 1 heterocycles. The van der Waals surface area contributed by atoms with Crippen molar-refractivity contribution in [2.45, 2.75) is 37.4 Å². The van der Waals surface area contributed by atoms with Crippen molar-refractivity contribution in [3.63, 3.8) is 0 Å². The molecule has 0 aliphatic heterocycles. The average Bonchev–Trinajstić information content (AvgIpc) is 3.21. The Morgan fingerprint density at radius 2 is 1.80 bits per heavy atom. The number of H-pyrrole nitrogens is 1. The Labute approximate surface area is 205 Å². The van der Waals surface area contributed by atoms with Crippen molar-refractivity contribution < 1.29 is 29.1 Å². The number of hydrogen-bond donors (Lipinski definition) is 7. The van der Waals surface area contributed by atoms with Crippen LogP contribution in [0.25, 0.3) is 10.9 Å². The predicted octanol–water partition coefficient (Wildman–Crippen LogP) is -1.16. The number of carbonyl (C=O) groups excluding carboxylic acids is 4. The summed E-state index contributed by atoms with van der Waals surface area (Å²) in [5, 5.41) is 17.2. The van der Waals surface area contributed by atoms with Crippen LogP contribution in [0.1, 0.15) is 18.4 Å². The Bertz CT molecular complexity index is 1070. The van der Waals surface area contributed by atoms with Crippen LogP contribution in [0, 0.1) is 0 Å². The quantitative estimate of drug-likeness (QED) is 0.166. The summed E-state index contributed by atoms with van der Waals surface area (Å²) in [6, 6.07) is 4.03. The first-order valence-corrected chi connectivity index (χ1v) is 12.2. The SMILES string of the molecule is CSCCC(NC(=O)C(CC(N)=O)NC(=O)CNC(=O)C(N)Cc1c[nH]c2ccccc12)C(=O)O. The summed E-state index contributed by atoms with van der Waals surface area (Å²) in [6.07, 6.45) is 3.40. The second kappa shape index (κ2) is 13.3. The molecule has 9 N–H and O–H groups in total. The zero-order chi connectivity index (χ0) is 26.0. The van der Waals surface area contributed by atoms with Gasteiger partial charge in [0.1, 0.15) is 12.1 Å². The first-order valence-electron chi connectivity index (χ1n) is 10.8. The van der Waals surface area contributed by atoms with Crippen LogP contribution in [0.15, 0.2) is 30.5 Å². The van der Waals surface area contributed by atoms with Gasteiger partial charge in [0.05, 0.1) is 19.0 Å². The molecule has 0 fully saturated rings. The number of nitrogens with two attached hydrogens (primary N) is 2. The molecule has 1 aromatic heterocycles. The second-order valence-corrected chi connectivity index (χ2v) is 8.84. The first-order chi connectivity index (χ1) is 16.6. The van der Waals surface area contributed by atoms with Crippen molar-refractivity contribution in [2.75, 3.05) is 18.6 Å². The summed E-state index contributed by atoms with van der Waals surface area (Å²) in [5.74, 6) is -3.85. The van der Waals surface area contributed by atoms with E-state index in [0.29, 0.717) is 5.75 Å². The Balaban J connectivity index is 1.91. The van der Waals surface area contributed by atoms with Crippen molar-refractivity contribution in [2.24, 2.45) is 11.5 Å². The van der Waals surface area contributed by atoms with E-state index in [2.05, 4.69) is 20.9 Å². The molecule has 0 aliphatic rings. The minimum atomic E-state index is -1.40. The summed E-state index contributed by atoms with van der Waals surface area (Å²) in [7, 11) is 0. The van der Waals surface area contributed by atoms with Gasteiger partial charge < -0.3 is 37.5 Å². The number of aliphatic carboxylic acids is 1. The maximum absolute atomic E-state index is 12.5. The standard InChI is InChI=1S/C22H30N6O6S/c1-35-7-6-16(22(33)34)28-21(32)17(9-18(24)29)27-19(30)11-26-20(31)14(23)8-12-10-25-15-5-3-2-4-13(12)15/h2-5,10,14,16-17,25H,6-9,11,23H2,1H3,(H2,24,29)(H,26,31)(H,27,30)(H,28,32)(H,33,34). The Morgan fingerprint density at radius 1 is 1.09 bits per heavy atom. The van der Waals surface area contributed by atoms with Crippen molar-refractivity contribution in [3.05, 3.63) is 36.0 Å². The van der Waals surface area contributed by atoms with E-state index in [1.807, 2.05) is 24.3 Å². The van der Waals surface area contributed by atoms with E-state index in [9.17, 15) is 29.1 Å². The molecule has 0 saturated heterocycles. The molecule has 35 heavy (non-hydrogen) atoms. The number of aromatic amines is 1. The number of amides is 4. The van der Waals surface area contributed by atoms with E-state index in [0.717, 1.165) is 16.5 Å². The van der Waals surface area contributed by atoms with Crippen molar-refractivity contribution in [3.8, 4) is 0 Å². The third-order valence-corrected chi connectivity index (χ3v) is 5.80. The fourth-order valence-corrected chi connectivity index (χ4v) is 3.82. The molecule has 0 bridgehead atoms. The van der Waals surface area contributed by atoms with Crippen LogP contribution < -0.4 is 27.4 Å². The maximum atomic E-state index is 12.5. The molecular formula is C22H30N6O6S. The van der Waals surface area contributed by atoms with E-state index in [1.54, 1.807) is 12.5 Å². The van der Waals surface area contributed by atoms with Gasteiger partial charge in [-0.1, -0.05) is 18.2 Å². The summed E-state index contributed by atoms with van der Waals surface area (Å²) < 4.78 is 0. The summed E-state index contributed by atoms with van der Waals surface area (Å²) in [6.45, 7) is -0.502. The number of aromatic nitrogens is 1. The molecule has 2 rings (SSSR count). The molecular weight excluding hydrogens is 476 g/mol. The summed E-state index contributed by atoms with van der Waals surface area (Å²) in [5.41, 5.74) is 12.9. The van der Waals surface area contributed by atoms with Gasteiger partial charge in [-0.15, -0.1) is 0 Å². The second-order valence-electron chi connectivity index (χ2n) is 7.86. The Hall–Kier alpha value is -3.58. The number of thioether (sulfide) groups is 1. The van der Waals surface area contributed by atoms with Crippen LogP contribution in [0.4, 0.5) is 0 Å². The normalized spacial score (nSPS) is 13.4. The monoisotopic (exact) mass is 506 g/mol. The fraction of sp³-hybridized carbons (Fsp3) is 0.409. The molecule has 1 aromatic carbocycles. The van der Waals surface area contributed by atoms with E-state index in [-0.39, 0.29) is 12.8 Å². The number of carbonyl (C=O) groups is 5. The van der Waals surface area contributed by atoms with Gasteiger partial charge in [0, 0.05) is 17.1 Å².